The number of methoxy groups -OCH3 is 1. The van der Waals surface area contributed by atoms with Crippen molar-refractivity contribution in [3.63, 3.8) is 0 Å². The molecule has 0 bridgehead atoms. The molecular weight excluding hydrogens is 190 g/mol. The van der Waals surface area contributed by atoms with Crippen molar-refractivity contribution >= 4 is 0 Å². The predicted molar refractivity (Wildman–Crippen MR) is 61.9 cm³/mol. The van der Waals surface area contributed by atoms with Gasteiger partial charge in [-0.2, -0.15) is 0 Å². The zero-order valence-corrected chi connectivity index (χ0v) is 10.1. The van der Waals surface area contributed by atoms with Crippen LogP contribution in [0.3, 0.4) is 0 Å². The Balaban J connectivity index is 2.10. The molecule has 1 fully saturated rings. The summed E-state index contributed by atoms with van der Waals surface area (Å²) < 4.78 is 10.4. The minimum atomic E-state index is 0.0494. The van der Waals surface area contributed by atoms with Crippen LogP contribution in [0.15, 0.2) is 0 Å². The van der Waals surface area contributed by atoms with Crippen molar-refractivity contribution in [3.05, 3.63) is 0 Å². The summed E-state index contributed by atoms with van der Waals surface area (Å²) in [6.07, 6.45) is 5.90. The molecule has 0 radical (unpaired) electrons. The van der Waals surface area contributed by atoms with Crippen LogP contribution in [-0.2, 0) is 9.47 Å². The second-order valence-electron chi connectivity index (χ2n) is 4.73. The van der Waals surface area contributed by atoms with Crippen molar-refractivity contribution in [1.29, 1.82) is 0 Å². The highest BCUT2D eigenvalue weighted by molar-refractivity contribution is 4.92. The molecule has 1 saturated carbocycles. The maximum absolute atomic E-state index is 6.33. The van der Waals surface area contributed by atoms with Crippen LogP contribution in [0.1, 0.15) is 39.0 Å². The SMILES string of the molecule is CCC1CCC(N)(CCOCCOC)C1. The first-order valence-corrected chi connectivity index (χ1v) is 6.06. The lowest BCUT2D eigenvalue weighted by Gasteiger charge is -2.24. The standard InChI is InChI=1S/C12H25NO2/c1-3-11-4-5-12(13,10-11)6-7-15-9-8-14-2/h11H,3-10,13H2,1-2H3. The van der Waals surface area contributed by atoms with Crippen molar-refractivity contribution < 1.29 is 9.47 Å². The molecule has 2 N–H and O–H groups in total. The van der Waals surface area contributed by atoms with Gasteiger partial charge in [0.1, 0.15) is 0 Å². The average molecular weight is 215 g/mol. The molecule has 1 aliphatic carbocycles. The Labute approximate surface area is 93.3 Å². The lowest BCUT2D eigenvalue weighted by Crippen LogP contribution is -2.38. The van der Waals surface area contributed by atoms with E-state index in [2.05, 4.69) is 6.92 Å². The Hall–Kier alpha value is -0.120. The highest BCUT2D eigenvalue weighted by atomic mass is 16.5. The zero-order chi connectivity index (χ0) is 11.1. The molecule has 1 rings (SSSR count). The van der Waals surface area contributed by atoms with E-state index >= 15 is 0 Å². The lowest BCUT2D eigenvalue weighted by molar-refractivity contribution is 0.0611. The normalized spacial score (nSPS) is 31.0. The zero-order valence-electron chi connectivity index (χ0n) is 10.1. The Kier molecular flexibility index (Phi) is 5.58. The average Bonchev–Trinajstić information content (AvgIpc) is 2.61. The minimum Gasteiger partial charge on any atom is -0.382 e. The predicted octanol–water partition coefficient (Wildman–Crippen LogP) is 1.95. The number of hydrogen-bond acceptors (Lipinski definition) is 3. The van der Waals surface area contributed by atoms with Crippen LogP contribution in [-0.4, -0.2) is 32.5 Å². The van der Waals surface area contributed by atoms with Crippen molar-refractivity contribution in [2.24, 2.45) is 11.7 Å². The Morgan fingerprint density at radius 2 is 2.13 bits per heavy atom. The molecule has 1 aliphatic rings. The van der Waals surface area contributed by atoms with Gasteiger partial charge in [-0.3, -0.25) is 0 Å². The van der Waals surface area contributed by atoms with E-state index in [9.17, 15) is 0 Å². The molecule has 0 aliphatic heterocycles. The fraction of sp³-hybridized carbons (Fsp3) is 1.00. The van der Waals surface area contributed by atoms with Crippen LogP contribution in [0.25, 0.3) is 0 Å². The highest BCUT2D eigenvalue weighted by Gasteiger charge is 2.34. The summed E-state index contributed by atoms with van der Waals surface area (Å²) in [4.78, 5) is 0. The topological polar surface area (TPSA) is 44.5 Å². The maximum atomic E-state index is 6.33. The summed E-state index contributed by atoms with van der Waals surface area (Å²) in [5.41, 5.74) is 6.38. The van der Waals surface area contributed by atoms with Crippen molar-refractivity contribution in [1.82, 2.24) is 0 Å². The first-order chi connectivity index (χ1) is 7.20. The van der Waals surface area contributed by atoms with E-state index in [4.69, 9.17) is 15.2 Å². The third-order valence-corrected chi connectivity index (χ3v) is 3.50. The molecule has 0 saturated heterocycles. The summed E-state index contributed by atoms with van der Waals surface area (Å²) in [5, 5.41) is 0. The third-order valence-electron chi connectivity index (χ3n) is 3.50. The molecule has 0 amide bonds. The number of ether oxygens (including phenoxy) is 2. The molecule has 0 heterocycles. The van der Waals surface area contributed by atoms with Gasteiger partial charge in [0.25, 0.3) is 0 Å². The van der Waals surface area contributed by atoms with Gasteiger partial charge in [-0.15, -0.1) is 0 Å². The maximum Gasteiger partial charge on any atom is 0.0700 e. The van der Waals surface area contributed by atoms with E-state index in [0.717, 1.165) is 18.9 Å². The Morgan fingerprint density at radius 3 is 2.73 bits per heavy atom. The minimum absolute atomic E-state index is 0.0494. The molecule has 2 unspecified atom stereocenters. The summed E-state index contributed by atoms with van der Waals surface area (Å²) in [6, 6.07) is 0. The van der Waals surface area contributed by atoms with E-state index in [1.165, 1.54) is 25.7 Å². The van der Waals surface area contributed by atoms with E-state index in [0.29, 0.717) is 13.2 Å². The molecule has 0 aromatic rings. The van der Waals surface area contributed by atoms with Gasteiger partial charge in [-0.25, -0.2) is 0 Å². The van der Waals surface area contributed by atoms with Crippen LogP contribution in [0.5, 0.6) is 0 Å². The first kappa shape index (κ1) is 12.9. The van der Waals surface area contributed by atoms with Gasteiger partial charge in [0, 0.05) is 19.3 Å². The molecule has 3 heteroatoms. The molecule has 3 nitrogen and oxygen atoms in total. The van der Waals surface area contributed by atoms with Gasteiger partial charge in [0.05, 0.1) is 13.2 Å². The molecule has 0 spiro atoms. The monoisotopic (exact) mass is 215 g/mol. The summed E-state index contributed by atoms with van der Waals surface area (Å²) in [7, 11) is 1.69. The van der Waals surface area contributed by atoms with Crippen LogP contribution in [0.2, 0.25) is 0 Å². The van der Waals surface area contributed by atoms with Crippen LogP contribution in [0, 0.1) is 5.92 Å². The number of rotatable bonds is 7. The summed E-state index contributed by atoms with van der Waals surface area (Å²) in [5.74, 6) is 0.842. The quantitative estimate of drug-likeness (QED) is 0.660. The van der Waals surface area contributed by atoms with Gasteiger partial charge in [-0.1, -0.05) is 13.3 Å². The molecular formula is C12H25NO2. The second-order valence-corrected chi connectivity index (χ2v) is 4.73. The third kappa shape index (κ3) is 4.49. The van der Waals surface area contributed by atoms with E-state index in [1.54, 1.807) is 7.11 Å². The first-order valence-electron chi connectivity index (χ1n) is 6.06. The van der Waals surface area contributed by atoms with Gasteiger partial charge in [0.15, 0.2) is 0 Å². The molecule has 0 aromatic heterocycles. The van der Waals surface area contributed by atoms with Gasteiger partial charge in [0.2, 0.25) is 0 Å². The van der Waals surface area contributed by atoms with Crippen molar-refractivity contribution in [3.8, 4) is 0 Å². The smallest absolute Gasteiger partial charge is 0.0700 e. The lowest BCUT2D eigenvalue weighted by atomic mass is 9.93. The fourth-order valence-corrected chi connectivity index (χ4v) is 2.37. The number of hydrogen-bond donors (Lipinski definition) is 1. The largest absolute Gasteiger partial charge is 0.382 e. The molecule has 2 atom stereocenters. The van der Waals surface area contributed by atoms with Gasteiger partial charge in [-0.05, 0) is 31.6 Å². The van der Waals surface area contributed by atoms with Crippen LogP contribution in [0.4, 0.5) is 0 Å². The van der Waals surface area contributed by atoms with E-state index < -0.39 is 0 Å². The molecule has 15 heavy (non-hydrogen) atoms. The number of nitrogens with two attached hydrogens (primary N) is 1. The fourth-order valence-electron chi connectivity index (χ4n) is 2.37. The second kappa shape index (κ2) is 6.46. The summed E-state index contributed by atoms with van der Waals surface area (Å²) in [6.45, 7) is 4.39. The van der Waals surface area contributed by atoms with Crippen LogP contribution >= 0.6 is 0 Å². The van der Waals surface area contributed by atoms with Crippen LogP contribution < -0.4 is 5.73 Å². The Bertz CT molecular complexity index is 175. The molecule has 0 aromatic carbocycles. The van der Waals surface area contributed by atoms with Gasteiger partial charge >= 0.3 is 0 Å². The van der Waals surface area contributed by atoms with Gasteiger partial charge < -0.3 is 15.2 Å². The molecule has 90 valence electrons. The Morgan fingerprint density at radius 1 is 1.33 bits per heavy atom. The summed E-state index contributed by atoms with van der Waals surface area (Å²) >= 11 is 0. The van der Waals surface area contributed by atoms with E-state index in [1.807, 2.05) is 0 Å². The van der Waals surface area contributed by atoms with Crippen molar-refractivity contribution in [2.45, 2.75) is 44.6 Å². The van der Waals surface area contributed by atoms with Crippen molar-refractivity contribution in [2.75, 3.05) is 26.9 Å². The van der Waals surface area contributed by atoms with E-state index in [-0.39, 0.29) is 5.54 Å². The highest BCUT2D eigenvalue weighted by Crippen LogP contribution is 2.36.